The van der Waals surface area contributed by atoms with Gasteiger partial charge in [-0.2, -0.15) is 25.3 Å². The maximum absolute atomic E-state index is 4.30. The van der Waals surface area contributed by atoms with Gasteiger partial charge >= 0.3 is 0 Å². The van der Waals surface area contributed by atoms with E-state index >= 15 is 0 Å². The van der Waals surface area contributed by atoms with Crippen LogP contribution in [0.2, 0.25) is 0 Å². The van der Waals surface area contributed by atoms with Crippen molar-refractivity contribution in [1.29, 1.82) is 0 Å². The van der Waals surface area contributed by atoms with E-state index in [9.17, 15) is 0 Å². The van der Waals surface area contributed by atoms with Crippen LogP contribution in [0.25, 0.3) is 12.2 Å². The van der Waals surface area contributed by atoms with Crippen LogP contribution in [0.4, 0.5) is 0 Å². The van der Waals surface area contributed by atoms with Crippen molar-refractivity contribution in [2.45, 2.75) is 39.2 Å². The Morgan fingerprint density at radius 3 is 1.07 bits per heavy atom. The smallest absolute Gasteiger partial charge is 0.0154 e. The second-order valence-corrected chi connectivity index (χ2v) is 10.6. The van der Waals surface area contributed by atoms with Crippen molar-refractivity contribution in [3.63, 3.8) is 0 Å². The van der Waals surface area contributed by atoms with Crippen molar-refractivity contribution >= 4 is 37.4 Å². The number of hydrogen-bond donors (Lipinski definition) is 2. The van der Waals surface area contributed by atoms with Crippen LogP contribution in [-0.2, 0) is 11.5 Å². The average molecular weight is 589 g/mol. The molecule has 0 aliphatic rings. The van der Waals surface area contributed by atoms with Gasteiger partial charge in [-0.15, -0.1) is 0 Å². The third-order valence-corrected chi connectivity index (χ3v) is 6.84. The van der Waals surface area contributed by atoms with Gasteiger partial charge in [-0.1, -0.05) is 180 Å². The maximum atomic E-state index is 4.30. The van der Waals surface area contributed by atoms with Gasteiger partial charge in [-0.05, 0) is 49.9 Å². The number of thiol groups is 2. The Hall–Kier alpha value is -3.72. The van der Waals surface area contributed by atoms with Crippen molar-refractivity contribution in [2.75, 3.05) is 0 Å². The largest absolute Gasteiger partial charge is 0.175 e. The molecule has 2 aromatic rings. The Kier molecular flexibility index (Phi) is 17.3. The second-order valence-electron chi connectivity index (χ2n) is 9.98. The third kappa shape index (κ3) is 15.9. The van der Waals surface area contributed by atoms with Gasteiger partial charge in [0.2, 0.25) is 0 Å². The molecule has 0 N–H and O–H groups in total. The fraction of sp³-hybridized carbons (Fsp3) is 0.150. The quantitative estimate of drug-likeness (QED) is 0.159. The topological polar surface area (TPSA) is 0 Å². The third-order valence-electron chi connectivity index (χ3n) is 6.11. The molecule has 0 spiro atoms. The van der Waals surface area contributed by atoms with E-state index in [1.807, 2.05) is 0 Å². The molecule has 216 valence electrons. The average Bonchev–Trinajstić information content (AvgIpc) is 3.00. The van der Waals surface area contributed by atoms with Crippen LogP contribution in [0.3, 0.4) is 0 Å². The van der Waals surface area contributed by atoms with Gasteiger partial charge in [-0.25, -0.2) is 0 Å². The van der Waals surface area contributed by atoms with Crippen molar-refractivity contribution in [3.05, 3.63) is 190 Å². The fourth-order valence-electron chi connectivity index (χ4n) is 3.56. The summed E-state index contributed by atoms with van der Waals surface area (Å²) < 4.78 is 0. The normalized spacial score (nSPS) is 14.5. The second kappa shape index (κ2) is 21.1. The molecular formula is C40H44S2. The lowest BCUT2D eigenvalue weighted by molar-refractivity contribution is 1.42. The highest BCUT2D eigenvalue weighted by molar-refractivity contribution is 7.79. The zero-order valence-electron chi connectivity index (χ0n) is 25.3. The number of allylic oxidation sites excluding steroid dienone is 20. The minimum atomic E-state index is 0.769. The van der Waals surface area contributed by atoms with Crippen molar-refractivity contribution in [3.8, 4) is 0 Å². The zero-order valence-corrected chi connectivity index (χ0v) is 27.1. The summed E-state index contributed by atoms with van der Waals surface area (Å²) in [6, 6.07) is 16.9. The molecule has 0 aliphatic heterocycles. The van der Waals surface area contributed by atoms with Crippen LogP contribution < -0.4 is 0 Å². The molecule has 0 nitrogen and oxygen atoms in total. The minimum absolute atomic E-state index is 0.769. The summed E-state index contributed by atoms with van der Waals surface area (Å²) in [7, 11) is 0. The summed E-state index contributed by atoms with van der Waals surface area (Å²) in [5.74, 6) is 1.54. The van der Waals surface area contributed by atoms with Crippen LogP contribution in [0.1, 0.15) is 49.9 Å². The van der Waals surface area contributed by atoms with E-state index in [1.54, 1.807) is 0 Å². The van der Waals surface area contributed by atoms with Gasteiger partial charge < -0.3 is 0 Å². The highest BCUT2D eigenvalue weighted by Crippen LogP contribution is 2.10. The lowest BCUT2D eigenvalue weighted by Gasteiger charge is -1.96. The van der Waals surface area contributed by atoms with Gasteiger partial charge in [0, 0.05) is 11.5 Å². The summed E-state index contributed by atoms with van der Waals surface area (Å²) >= 11 is 8.60. The molecule has 0 atom stereocenters. The summed E-state index contributed by atoms with van der Waals surface area (Å²) in [5.41, 5.74) is 9.62. The molecule has 42 heavy (non-hydrogen) atoms. The minimum Gasteiger partial charge on any atom is -0.175 e. The van der Waals surface area contributed by atoms with Crippen molar-refractivity contribution in [1.82, 2.24) is 0 Å². The predicted molar refractivity (Wildman–Crippen MR) is 197 cm³/mol. The van der Waals surface area contributed by atoms with Gasteiger partial charge in [0.1, 0.15) is 0 Å². The fourth-order valence-corrected chi connectivity index (χ4v) is 3.98. The molecule has 0 saturated carbocycles. The van der Waals surface area contributed by atoms with E-state index in [2.05, 4.69) is 211 Å². The number of benzene rings is 2. The van der Waals surface area contributed by atoms with Crippen molar-refractivity contribution < 1.29 is 0 Å². The molecule has 0 bridgehead atoms. The predicted octanol–water partition coefficient (Wildman–Crippen LogP) is 11.8. The van der Waals surface area contributed by atoms with E-state index in [-0.39, 0.29) is 0 Å². The lowest BCUT2D eigenvalue weighted by atomic mass is 10.1. The molecule has 0 aromatic heterocycles. The lowest BCUT2D eigenvalue weighted by Crippen LogP contribution is -1.77. The molecule has 0 saturated heterocycles. The first-order chi connectivity index (χ1) is 20.4. The first kappa shape index (κ1) is 34.5. The van der Waals surface area contributed by atoms with Crippen LogP contribution >= 0.6 is 25.3 Å². The highest BCUT2D eigenvalue weighted by Gasteiger charge is 1.90. The first-order valence-electron chi connectivity index (χ1n) is 14.2. The Balaban J connectivity index is 1.76. The highest BCUT2D eigenvalue weighted by atomic mass is 32.1. The molecule has 0 radical (unpaired) electrons. The Morgan fingerprint density at radius 2 is 0.738 bits per heavy atom. The summed E-state index contributed by atoms with van der Waals surface area (Å²) in [6.45, 7) is 8.42. The summed E-state index contributed by atoms with van der Waals surface area (Å²) in [5, 5.41) is 0. The number of hydrogen-bond acceptors (Lipinski definition) is 2. The Bertz CT molecular complexity index is 1310. The molecule has 0 amide bonds. The van der Waals surface area contributed by atoms with Crippen LogP contribution in [0.5, 0.6) is 0 Å². The van der Waals surface area contributed by atoms with Gasteiger partial charge in [-0.3, -0.25) is 0 Å². The SMILES string of the molecule is CC(/C=C/C=C(C)/C=C/C=C/c1ccc(CS)cc1)=C\C=C\C=C(C)\C=C\C=C(C)\C=C\C=C\c1ccc(CS)cc1. The van der Waals surface area contributed by atoms with Crippen LogP contribution in [0.15, 0.2) is 168 Å². The standard InChI is InChI=1S/C40H44S2/c1-33(17-11-19-35(3)15-7-9-21-37-23-27-39(31-41)28-24-37)13-5-6-14-34(2)18-12-20-36(4)16-8-10-22-38-25-29-40(32-42)30-26-38/h5-30,41-42H,31-32H2,1-4H3/b6-5+,15-7+,16-8+,17-11+,18-12+,21-9+,22-10+,33-13+,34-14+,35-19+,36-20+. The molecule has 0 aliphatic carbocycles. The van der Waals surface area contributed by atoms with Crippen LogP contribution in [-0.4, -0.2) is 0 Å². The van der Waals surface area contributed by atoms with E-state index in [4.69, 9.17) is 0 Å². The van der Waals surface area contributed by atoms with Gasteiger partial charge in [0.05, 0.1) is 0 Å². The molecule has 0 fully saturated rings. The Labute approximate surface area is 265 Å². The molecule has 2 aromatic carbocycles. The van der Waals surface area contributed by atoms with E-state index in [0.717, 1.165) is 11.5 Å². The van der Waals surface area contributed by atoms with Crippen LogP contribution in [0, 0.1) is 0 Å². The molecule has 2 heteroatoms. The van der Waals surface area contributed by atoms with Gasteiger partial charge in [0.25, 0.3) is 0 Å². The van der Waals surface area contributed by atoms with E-state index in [1.165, 1.54) is 44.5 Å². The molecule has 0 heterocycles. The first-order valence-corrected chi connectivity index (χ1v) is 15.5. The Morgan fingerprint density at radius 1 is 0.429 bits per heavy atom. The van der Waals surface area contributed by atoms with Gasteiger partial charge in [0.15, 0.2) is 0 Å². The molecule has 2 rings (SSSR count). The number of rotatable bonds is 14. The monoisotopic (exact) mass is 588 g/mol. The zero-order chi connectivity index (χ0) is 30.4. The molecule has 0 unspecified atom stereocenters. The van der Waals surface area contributed by atoms with Crippen molar-refractivity contribution in [2.24, 2.45) is 0 Å². The maximum Gasteiger partial charge on any atom is 0.0154 e. The van der Waals surface area contributed by atoms with E-state index in [0.29, 0.717) is 0 Å². The summed E-state index contributed by atoms with van der Waals surface area (Å²) in [4.78, 5) is 0. The summed E-state index contributed by atoms with van der Waals surface area (Å²) in [6.07, 6.45) is 37.7. The van der Waals surface area contributed by atoms with E-state index < -0.39 is 0 Å². The molecular weight excluding hydrogens is 545 g/mol.